The predicted molar refractivity (Wildman–Crippen MR) is 50.5 cm³/mol. The van der Waals surface area contributed by atoms with Crippen LogP contribution in [0.1, 0.15) is 5.56 Å². The highest BCUT2D eigenvalue weighted by atomic mass is 19.1. The summed E-state index contributed by atoms with van der Waals surface area (Å²) in [5.41, 5.74) is -0.209. The summed E-state index contributed by atoms with van der Waals surface area (Å²) in [5.74, 6) is -2.59. The largest absolute Gasteiger partial charge is 0.480 e. The van der Waals surface area contributed by atoms with E-state index in [1.165, 1.54) is 13.1 Å². The van der Waals surface area contributed by atoms with Gasteiger partial charge in [-0.25, -0.2) is 8.78 Å². The van der Waals surface area contributed by atoms with Crippen molar-refractivity contribution in [3.63, 3.8) is 0 Å². The van der Waals surface area contributed by atoms with E-state index in [2.05, 4.69) is 5.32 Å². The second kappa shape index (κ2) is 4.84. The van der Waals surface area contributed by atoms with Gasteiger partial charge in [-0.2, -0.15) is 0 Å². The number of rotatable bonds is 4. The van der Waals surface area contributed by atoms with Crippen molar-refractivity contribution in [3.05, 3.63) is 35.4 Å². The fourth-order valence-corrected chi connectivity index (χ4v) is 1.24. The third-order valence-electron chi connectivity index (χ3n) is 2.12. The Morgan fingerprint density at radius 2 is 2.00 bits per heavy atom. The molecule has 0 aliphatic rings. The Morgan fingerprint density at radius 1 is 1.47 bits per heavy atom. The first-order chi connectivity index (χ1) is 7.06. The molecule has 0 saturated carbocycles. The topological polar surface area (TPSA) is 49.3 Å². The minimum absolute atomic E-state index is 0.209. The summed E-state index contributed by atoms with van der Waals surface area (Å²) in [7, 11) is 1.43. The number of carbonyl (C=O) groups is 1. The second-order valence-electron chi connectivity index (χ2n) is 3.08. The molecule has 2 N–H and O–H groups in total. The van der Waals surface area contributed by atoms with Crippen molar-refractivity contribution < 1.29 is 18.7 Å². The van der Waals surface area contributed by atoms with Crippen molar-refractivity contribution in [2.24, 2.45) is 0 Å². The molecule has 0 bridgehead atoms. The van der Waals surface area contributed by atoms with Crippen LogP contribution in [0.25, 0.3) is 0 Å². The number of aliphatic carboxylic acids is 1. The lowest BCUT2D eigenvalue weighted by atomic mass is 10.1. The molecule has 1 aromatic rings. The van der Waals surface area contributed by atoms with Crippen molar-refractivity contribution in [1.82, 2.24) is 5.32 Å². The van der Waals surface area contributed by atoms with Crippen LogP contribution in [0.4, 0.5) is 8.78 Å². The first kappa shape index (κ1) is 11.6. The molecule has 5 heteroatoms. The van der Waals surface area contributed by atoms with Gasteiger partial charge in [-0.15, -0.1) is 0 Å². The van der Waals surface area contributed by atoms with Crippen LogP contribution >= 0.6 is 0 Å². The van der Waals surface area contributed by atoms with Crippen LogP contribution in [-0.4, -0.2) is 24.2 Å². The average molecular weight is 215 g/mol. The number of nitrogens with one attached hydrogen (secondary N) is 1. The summed E-state index contributed by atoms with van der Waals surface area (Å²) in [5, 5.41) is 11.2. The van der Waals surface area contributed by atoms with Gasteiger partial charge in [-0.1, -0.05) is 6.07 Å². The van der Waals surface area contributed by atoms with Crippen LogP contribution in [0, 0.1) is 11.6 Å². The summed E-state index contributed by atoms with van der Waals surface area (Å²) >= 11 is 0. The molecule has 0 amide bonds. The van der Waals surface area contributed by atoms with Gasteiger partial charge in [0.1, 0.15) is 17.7 Å². The van der Waals surface area contributed by atoms with E-state index in [1.54, 1.807) is 0 Å². The Kier molecular flexibility index (Phi) is 3.74. The molecule has 0 spiro atoms. The maximum atomic E-state index is 13.1. The second-order valence-corrected chi connectivity index (χ2v) is 3.08. The highest BCUT2D eigenvalue weighted by Gasteiger charge is 2.19. The van der Waals surface area contributed by atoms with E-state index in [-0.39, 0.29) is 12.0 Å². The molecule has 1 aromatic carbocycles. The molecular formula is C10H11F2NO2. The van der Waals surface area contributed by atoms with Gasteiger partial charge >= 0.3 is 5.97 Å². The lowest BCUT2D eigenvalue weighted by molar-refractivity contribution is -0.139. The van der Waals surface area contributed by atoms with E-state index in [1.807, 2.05) is 0 Å². The van der Waals surface area contributed by atoms with Gasteiger partial charge in [-0.3, -0.25) is 4.79 Å². The fourth-order valence-electron chi connectivity index (χ4n) is 1.24. The van der Waals surface area contributed by atoms with Crippen molar-refractivity contribution in [2.45, 2.75) is 12.5 Å². The first-order valence-electron chi connectivity index (χ1n) is 4.39. The van der Waals surface area contributed by atoms with Crippen LogP contribution in [0.3, 0.4) is 0 Å². The Bertz CT molecular complexity index is 348. The average Bonchev–Trinajstić information content (AvgIpc) is 2.17. The summed E-state index contributed by atoms with van der Waals surface area (Å²) in [6.45, 7) is 0. The Labute approximate surface area is 85.7 Å². The molecule has 15 heavy (non-hydrogen) atoms. The van der Waals surface area contributed by atoms with E-state index < -0.39 is 23.6 Å². The number of benzene rings is 1. The van der Waals surface area contributed by atoms with Gasteiger partial charge < -0.3 is 10.4 Å². The van der Waals surface area contributed by atoms with Gasteiger partial charge in [0.2, 0.25) is 0 Å². The van der Waals surface area contributed by atoms with E-state index >= 15 is 0 Å². The normalized spacial score (nSPS) is 12.5. The summed E-state index contributed by atoms with van der Waals surface area (Å²) in [6, 6.07) is 2.46. The lowest BCUT2D eigenvalue weighted by Gasteiger charge is -2.12. The molecular weight excluding hydrogens is 204 g/mol. The summed E-state index contributed by atoms with van der Waals surface area (Å²) in [6.07, 6.45) is -0.218. The molecule has 0 aromatic heterocycles. The van der Waals surface area contributed by atoms with Gasteiger partial charge in [-0.05, 0) is 19.2 Å². The van der Waals surface area contributed by atoms with Gasteiger partial charge in [0, 0.05) is 12.0 Å². The van der Waals surface area contributed by atoms with Gasteiger partial charge in [0.25, 0.3) is 0 Å². The molecule has 0 aliphatic heterocycles. The molecule has 0 heterocycles. The fraction of sp³-hybridized carbons (Fsp3) is 0.300. The molecule has 0 radical (unpaired) electrons. The SMILES string of the molecule is CN[C@@H](Cc1c(F)cccc1F)C(=O)O. The number of hydrogen-bond acceptors (Lipinski definition) is 2. The zero-order valence-corrected chi connectivity index (χ0v) is 8.13. The van der Waals surface area contributed by atoms with Crippen LogP contribution in [0.2, 0.25) is 0 Å². The first-order valence-corrected chi connectivity index (χ1v) is 4.39. The minimum atomic E-state index is -1.14. The van der Waals surface area contributed by atoms with Gasteiger partial charge in [0.15, 0.2) is 0 Å². The molecule has 82 valence electrons. The third-order valence-corrected chi connectivity index (χ3v) is 2.12. The highest BCUT2D eigenvalue weighted by molar-refractivity contribution is 5.73. The molecule has 0 aliphatic carbocycles. The smallest absolute Gasteiger partial charge is 0.321 e. The van der Waals surface area contributed by atoms with Crippen molar-refractivity contribution >= 4 is 5.97 Å². The van der Waals surface area contributed by atoms with E-state index in [9.17, 15) is 13.6 Å². The zero-order chi connectivity index (χ0) is 11.4. The van der Waals surface area contributed by atoms with E-state index in [4.69, 9.17) is 5.11 Å². The van der Waals surface area contributed by atoms with Crippen molar-refractivity contribution in [1.29, 1.82) is 0 Å². The quantitative estimate of drug-likeness (QED) is 0.792. The van der Waals surface area contributed by atoms with Crippen LogP contribution in [0.5, 0.6) is 0 Å². The highest BCUT2D eigenvalue weighted by Crippen LogP contribution is 2.14. The Morgan fingerprint density at radius 3 is 2.40 bits per heavy atom. The van der Waals surface area contributed by atoms with Crippen LogP contribution in [-0.2, 0) is 11.2 Å². The van der Waals surface area contributed by atoms with E-state index in [0.29, 0.717) is 0 Å². The number of likely N-dealkylation sites (N-methyl/N-ethyl adjacent to an activating group) is 1. The molecule has 0 unspecified atom stereocenters. The molecule has 1 atom stereocenters. The Balaban J connectivity index is 2.92. The summed E-state index contributed by atoms with van der Waals surface area (Å²) < 4.78 is 26.3. The van der Waals surface area contributed by atoms with Crippen molar-refractivity contribution in [3.8, 4) is 0 Å². The number of carboxylic acid groups (broad SMARTS) is 1. The van der Waals surface area contributed by atoms with Crippen LogP contribution < -0.4 is 5.32 Å². The van der Waals surface area contributed by atoms with E-state index in [0.717, 1.165) is 12.1 Å². The molecule has 3 nitrogen and oxygen atoms in total. The predicted octanol–water partition coefficient (Wildman–Crippen LogP) is 1.18. The molecule has 0 saturated heterocycles. The standard InChI is InChI=1S/C10H11F2NO2/c1-13-9(10(14)15)5-6-7(11)3-2-4-8(6)12/h2-4,9,13H,5H2,1H3,(H,14,15)/t9-/m0/s1. The molecule has 0 fully saturated rings. The maximum absolute atomic E-state index is 13.1. The Hall–Kier alpha value is -1.49. The van der Waals surface area contributed by atoms with Crippen LogP contribution in [0.15, 0.2) is 18.2 Å². The number of carboxylic acids is 1. The van der Waals surface area contributed by atoms with Crippen molar-refractivity contribution in [2.75, 3.05) is 7.05 Å². The minimum Gasteiger partial charge on any atom is -0.480 e. The maximum Gasteiger partial charge on any atom is 0.321 e. The molecule has 1 rings (SSSR count). The van der Waals surface area contributed by atoms with Gasteiger partial charge in [0.05, 0.1) is 0 Å². The third kappa shape index (κ3) is 2.73. The summed E-state index contributed by atoms with van der Waals surface area (Å²) in [4.78, 5) is 10.7. The zero-order valence-electron chi connectivity index (χ0n) is 8.13. The number of halogens is 2. The monoisotopic (exact) mass is 215 g/mol. The number of hydrogen-bond donors (Lipinski definition) is 2. The lowest BCUT2D eigenvalue weighted by Crippen LogP contribution is -2.36.